The Balaban J connectivity index is 2.12. The van der Waals surface area contributed by atoms with Crippen LogP contribution in [-0.4, -0.2) is 5.78 Å². The van der Waals surface area contributed by atoms with Gasteiger partial charge in [0, 0.05) is 11.1 Å². The van der Waals surface area contributed by atoms with Gasteiger partial charge in [-0.3, -0.25) is 4.79 Å². The van der Waals surface area contributed by atoms with Crippen molar-refractivity contribution in [2.45, 2.75) is 32.8 Å². The van der Waals surface area contributed by atoms with Gasteiger partial charge in [0.05, 0.1) is 5.56 Å². The van der Waals surface area contributed by atoms with Crippen LogP contribution in [0.3, 0.4) is 0 Å². The van der Waals surface area contributed by atoms with Gasteiger partial charge in [-0.05, 0) is 23.1 Å². The number of ether oxygens (including phenoxy) is 1. The third kappa shape index (κ3) is 2.11. The molecule has 0 saturated carbocycles. The van der Waals surface area contributed by atoms with Crippen molar-refractivity contribution in [1.29, 1.82) is 0 Å². The minimum Gasteiger partial charge on any atom is -0.488 e. The zero-order valence-corrected chi connectivity index (χ0v) is 12.1. The van der Waals surface area contributed by atoms with Crippen molar-refractivity contribution < 1.29 is 9.53 Å². The molecule has 0 spiro atoms. The van der Waals surface area contributed by atoms with Crippen molar-refractivity contribution in [3.63, 3.8) is 0 Å². The molecule has 1 heterocycles. The van der Waals surface area contributed by atoms with Gasteiger partial charge in [0.15, 0.2) is 5.78 Å². The summed E-state index contributed by atoms with van der Waals surface area (Å²) < 4.78 is 5.86. The first kappa shape index (κ1) is 12.9. The summed E-state index contributed by atoms with van der Waals surface area (Å²) in [5, 5.41) is 0. The highest BCUT2D eigenvalue weighted by Gasteiger charge is 2.24. The predicted octanol–water partition coefficient (Wildman–Crippen LogP) is 4.11. The van der Waals surface area contributed by atoms with Gasteiger partial charge in [0.1, 0.15) is 12.4 Å². The zero-order chi connectivity index (χ0) is 14.3. The van der Waals surface area contributed by atoms with E-state index in [0.29, 0.717) is 17.9 Å². The van der Waals surface area contributed by atoms with E-state index in [4.69, 9.17) is 4.74 Å². The van der Waals surface area contributed by atoms with Crippen LogP contribution in [0, 0.1) is 0 Å². The Kier molecular flexibility index (Phi) is 2.89. The molecular formula is C18H18O2. The predicted molar refractivity (Wildman–Crippen MR) is 79.3 cm³/mol. The van der Waals surface area contributed by atoms with Gasteiger partial charge in [-0.1, -0.05) is 51.1 Å². The van der Waals surface area contributed by atoms with Crippen molar-refractivity contribution in [3.05, 3.63) is 64.7 Å². The molecule has 2 aromatic rings. The monoisotopic (exact) mass is 266 g/mol. The fraction of sp³-hybridized carbons (Fsp3) is 0.278. The fourth-order valence-electron chi connectivity index (χ4n) is 2.46. The molecule has 0 bridgehead atoms. The van der Waals surface area contributed by atoms with Crippen LogP contribution in [0.1, 0.15) is 47.8 Å². The first-order chi connectivity index (χ1) is 9.47. The van der Waals surface area contributed by atoms with Gasteiger partial charge in [-0.15, -0.1) is 0 Å². The van der Waals surface area contributed by atoms with E-state index in [-0.39, 0.29) is 11.2 Å². The number of benzene rings is 2. The van der Waals surface area contributed by atoms with Gasteiger partial charge in [0.25, 0.3) is 0 Å². The Hall–Kier alpha value is -2.09. The normalized spacial score (nSPS) is 14.1. The van der Waals surface area contributed by atoms with Crippen molar-refractivity contribution in [1.82, 2.24) is 0 Å². The number of hydrogen-bond acceptors (Lipinski definition) is 2. The molecule has 0 unspecified atom stereocenters. The van der Waals surface area contributed by atoms with Crippen LogP contribution >= 0.6 is 0 Å². The van der Waals surface area contributed by atoms with Gasteiger partial charge in [-0.2, -0.15) is 0 Å². The molecule has 0 aliphatic carbocycles. The average Bonchev–Trinajstić information content (AvgIpc) is 2.56. The first-order valence-corrected chi connectivity index (χ1v) is 6.87. The maximum atomic E-state index is 12.6. The largest absolute Gasteiger partial charge is 0.488 e. The Morgan fingerprint density at radius 2 is 1.75 bits per heavy atom. The minimum atomic E-state index is 0.0423. The highest BCUT2D eigenvalue weighted by atomic mass is 16.5. The molecule has 0 atom stereocenters. The number of ketones is 1. The number of hydrogen-bond donors (Lipinski definition) is 0. The van der Waals surface area contributed by atoms with E-state index < -0.39 is 0 Å². The molecule has 2 nitrogen and oxygen atoms in total. The summed E-state index contributed by atoms with van der Waals surface area (Å²) in [6, 6.07) is 13.6. The maximum absolute atomic E-state index is 12.6. The minimum absolute atomic E-state index is 0.0423. The standard InChI is InChI=1S/C18H18O2/c1-18(2,3)13-8-9-15-16(10-13)20-11-12-6-4-5-7-14(12)17(15)19/h4-10H,11H2,1-3H3. The Morgan fingerprint density at radius 3 is 2.50 bits per heavy atom. The molecule has 2 aromatic carbocycles. The molecule has 0 amide bonds. The summed E-state index contributed by atoms with van der Waals surface area (Å²) in [5.41, 5.74) is 3.57. The molecule has 0 fully saturated rings. The van der Waals surface area contributed by atoms with E-state index in [2.05, 4.69) is 20.8 Å². The van der Waals surface area contributed by atoms with Crippen LogP contribution in [0.2, 0.25) is 0 Å². The average molecular weight is 266 g/mol. The van der Waals surface area contributed by atoms with E-state index in [1.165, 1.54) is 5.56 Å². The van der Waals surface area contributed by atoms with E-state index in [9.17, 15) is 4.79 Å². The molecule has 0 saturated heterocycles. The second-order valence-electron chi connectivity index (χ2n) is 6.24. The number of carbonyl (C=O) groups excluding carboxylic acids is 1. The second-order valence-corrected chi connectivity index (χ2v) is 6.24. The summed E-state index contributed by atoms with van der Waals surface area (Å²) >= 11 is 0. The van der Waals surface area contributed by atoms with Crippen LogP contribution in [0.4, 0.5) is 0 Å². The summed E-state index contributed by atoms with van der Waals surface area (Å²) in [7, 11) is 0. The molecule has 0 N–H and O–H groups in total. The molecule has 102 valence electrons. The molecule has 3 rings (SSSR count). The summed E-state index contributed by atoms with van der Waals surface area (Å²) in [5.74, 6) is 0.743. The molecular weight excluding hydrogens is 248 g/mol. The highest BCUT2D eigenvalue weighted by molar-refractivity contribution is 6.12. The lowest BCUT2D eigenvalue weighted by molar-refractivity contribution is 0.103. The molecule has 1 aliphatic heterocycles. The fourth-order valence-corrected chi connectivity index (χ4v) is 2.46. The van der Waals surface area contributed by atoms with E-state index in [0.717, 1.165) is 11.1 Å². The third-order valence-electron chi connectivity index (χ3n) is 3.74. The van der Waals surface area contributed by atoms with E-state index in [1.54, 1.807) is 0 Å². The summed E-state index contributed by atoms with van der Waals surface area (Å²) in [6.07, 6.45) is 0. The van der Waals surface area contributed by atoms with Crippen molar-refractivity contribution in [3.8, 4) is 5.75 Å². The molecule has 1 aliphatic rings. The Morgan fingerprint density at radius 1 is 1.00 bits per heavy atom. The quantitative estimate of drug-likeness (QED) is 0.717. The van der Waals surface area contributed by atoms with Gasteiger partial charge in [-0.25, -0.2) is 0 Å². The Labute approximate surface area is 119 Å². The maximum Gasteiger partial charge on any atom is 0.197 e. The van der Waals surface area contributed by atoms with Crippen LogP contribution in [0.5, 0.6) is 5.75 Å². The summed E-state index contributed by atoms with van der Waals surface area (Å²) in [6.45, 7) is 6.91. The van der Waals surface area contributed by atoms with Crippen molar-refractivity contribution >= 4 is 5.78 Å². The third-order valence-corrected chi connectivity index (χ3v) is 3.74. The molecule has 0 aromatic heterocycles. The number of fused-ring (bicyclic) bond motifs is 2. The molecule has 0 radical (unpaired) electrons. The number of carbonyl (C=O) groups is 1. The smallest absolute Gasteiger partial charge is 0.197 e. The molecule has 20 heavy (non-hydrogen) atoms. The SMILES string of the molecule is CC(C)(C)c1ccc2c(c1)OCc1ccccc1C2=O. The van der Waals surface area contributed by atoms with Crippen molar-refractivity contribution in [2.24, 2.45) is 0 Å². The number of rotatable bonds is 0. The second kappa shape index (κ2) is 4.48. The van der Waals surface area contributed by atoms with Crippen LogP contribution in [0.15, 0.2) is 42.5 Å². The lowest BCUT2D eigenvalue weighted by Crippen LogP contribution is -2.12. The lowest BCUT2D eigenvalue weighted by atomic mass is 9.86. The van der Waals surface area contributed by atoms with Crippen LogP contribution in [-0.2, 0) is 12.0 Å². The van der Waals surface area contributed by atoms with Gasteiger partial charge < -0.3 is 4.74 Å². The van der Waals surface area contributed by atoms with E-state index >= 15 is 0 Å². The summed E-state index contributed by atoms with van der Waals surface area (Å²) in [4.78, 5) is 12.6. The zero-order valence-electron chi connectivity index (χ0n) is 12.1. The lowest BCUT2D eigenvalue weighted by Gasteiger charge is -2.20. The highest BCUT2D eigenvalue weighted by Crippen LogP contribution is 2.33. The van der Waals surface area contributed by atoms with Crippen LogP contribution < -0.4 is 4.74 Å². The van der Waals surface area contributed by atoms with Crippen molar-refractivity contribution in [2.75, 3.05) is 0 Å². The van der Waals surface area contributed by atoms with Crippen LogP contribution in [0.25, 0.3) is 0 Å². The Bertz CT molecular complexity index is 678. The van der Waals surface area contributed by atoms with Gasteiger partial charge in [0.2, 0.25) is 0 Å². The first-order valence-electron chi connectivity index (χ1n) is 6.87. The van der Waals surface area contributed by atoms with Gasteiger partial charge >= 0.3 is 0 Å². The molecule has 2 heteroatoms. The van der Waals surface area contributed by atoms with E-state index in [1.807, 2.05) is 42.5 Å². The topological polar surface area (TPSA) is 26.3 Å².